The average Bonchev–Trinajstić information content (AvgIpc) is 3.35. The highest BCUT2D eigenvalue weighted by atomic mass is 32.1. The van der Waals surface area contributed by atoms with Gasteiger partial charge in [-0.2, -0.15) is 0 Å². The van der Waals surface area contributed by atoms with E-state index in [0.29, 0.717) is 6.54 Å². The molecule has 4 rings (SSSR count). The monoisotopic (exact) mass is 391 g/mol. The van der Waals surface area contributed by atoms with E-state index in [-0.39, 0.29) is 17.9 Å². The number of anilines is 1. The predicted octanol–water partition coefficient (Wildman–Crippen LogP) is 2.44. The van der Waals surface area contributed by atoms with Crippen LogP contribution in [0.3, 0.4) is 0 Å². The lowest BCUT2D eigenvalue weighted by Crippen LogP contribution is -2.42. The second kappa shape index (κ2) is 7.90. The van der Waals surface area contributed by atoms with Gasteiger partial charge >= 0.3 is 0 Å². The van der Waals surface area contributed by atoms with Crippen molar-refractivity contribution in [3.8, 4) is 11.5 Å². The van der Waals surface area contributed by atoms with Gasteiger partial charge < -0.3 is 24.4 Å². The average molecular weight is 391 g/mol. The van der Waals surface area contributed by atoms with Crippen molar-refractivity contribution < 1.29 is 19.0 Å². The van der Waals surface area contributed by atoms with Crippen LogP contribution in [-0.4, -0.2) is 57.5 Å². The second-order valence-electron chi connectivity index (χ2n) is 6.97. The van der Waals surface area contributed by atoms with E-state index in [1.807, 2.05) is 12.1 Å². The molecule has 1 N–H and O–H groups in total. The molecule has 27 heavy (non-hydrogen) atoms. The molecule has 8 heteroatoms. The zero-order valence-corrected chi connectivity index (χ0v) is 16.5. The maximum absolute atomic E-state index is 12.6. The van der Waals surface area contributed by atoms with E-state index < -0.39 is 0 Å². The summed E-state index contributed by atoms with van der Waals surface area (Å²) >= 11 is 1.59. The number of hydrogen-bond acceptors (Lipinski definition) is 7. The minimum Gasteiger partial charge on any atom is -0.495 e. The summed E-state index contributed by atoms with van der Waals surface area (Å²) in [6.07, 6.45) is 2.65. The van der Waals surface area contributed by atoms with Crippen molar-refractivity contribution in [2.45, 2.75) is 25.3 Å². The minimum absolute atomic E-state index is 0.00338. The van der Waals surface area contributed by atoms with Crippen molar-refractivity contribution in [2.75, 3.05) is 45.4 Å². The van der Waals surface area contributed by atoms with E-state index in [1.165, 1.54) is 0 Å². The largest absolute Gasteiger partial charge is 0.495 e. The van der Waals surface area contributed by atoms with Crippen molar-refractivity contribution in [1.29, 1.82) is 0 Å². The van der Waals surface area contributed by atoms with E-state index in [9.17, 15) is 4.79 Å². The molecule has 0 spiro atoms. The summed E-state index contributed by atoms with van der Waals surface area (Å²) in [7, 11) is 3.31. The van der Waals surface area contributed by atoms with Gasteiger partial charge in [-0.3, -0.25) is 4.79 Å². The fourth-order valence-corrected chi connectivity index (χ4v) is 4.83. The summed E-state index contributed by atoms with van der Waals surface area (Å²) < 4.78 is 17.2. The van der Waals surface area contributed by atoms with Gasteiger partial charge in [0, 0.05) is 32.3 Å². The van der Waals surface area contributed by atoms with Crippen LogP contribution in [-0.2, 0) is 9.53 Å². The van der Waals surface area contributed by atoms with Gasteiger partial charge in [-0.05, 0) is 31.4 Å². The lowest BCUT2D eigenvalue weighted by molar-refractivity contribution is -0.125. The van der Waals surface area contributed by atoms with Crippen LogP contribution >= 0.6 is 11.3 Å². The highest BCUT2D eigenvalue weighted by Crippen LogP contribution is 2.41. The number of benzene rings is 1. The molecule has 1 amide bonds. The van der Waals surface area contributed by atoms with Crippen molar-refractivity contribution >= 4 is 32.6 Å². The van der Waals surface area contributed by atoms with Crippen LogP contribution in [0.4, 0.5) is 5.13 Å². The Hall–Kier alpha value is -2.06. The number of carbonyl (C=O) groups excluding carboxylic acids is 1. The summed E-state index contributed by atoms with van der Waals surface area (Å²) in [5.41, 5.74) is 0.812. The van der Waals surface area contributed by atoms with Crippen LogP contribution in [0.25, 0.3) is 10.2 Å². The number of thiazole rings is 1. The lowest BCUT2D eigenvalue weighted by atomic mass is 10.1. The summed E-state index contributed by atoms with van der Waals surface area (Å²) in [4.78, 5) is 19.6. The van der Waals surface area contributed by atoms with Crippen molar-refractivity contribution in [1.82, 2.24) is 10.3 Å². The van der Waals surface area contributed by atoms with E-state index >= 15 is 0 Å². The molecule has 1 unspecified atom stereocenters. The first-order chi connectivity index (χ1) is 13.2. The van der Waals surface area contributed by atoms with E-state index in [2.05, 4.69) is 10.2 Å². The molecule has 0 radical (unpaired) electrons. The Bertz CT molecular complexity index is 778. The third-order valence-corrected chi connectivity index (χ3v) is 6.43. The van der Waals surface area contributed by atoms with E-state index in [0.717, 1.165) is 65.9 Å². The summed E-state index contributed by atoms with van der Waals surface area (Å²) in [6.45, 7) is 2.99. The number of fused-ring (bicyclic) bond motifs is 1. The lowest BCUT2D eigenvalue weighted by Gasteiger charge is -2.24. The molecule has 2 aliphatic rings. The number of hydrogen-bond donors (Lipinski definition) is 1. The highest BCUT2D eigenvalue weighted by molar-refractivity contribution is 7.22. The molecule has 1 atom stereocenters. The van der Waals surface area contributed by atoms with Crippen molar-refractivity contribution in [3.63, 3.8) is 0 Å². The molecular weight excluding hydrogens is 366 g/mol. The summed E-state index contributed by atoms with van der Waals surface area (Å²) in [5, 5.41) is 4.10. The molecule has 146 valence electrons. The Morgan fingerprint density at radius 3 is 2.70 bits per heavy atom. The number of ether oxygens (including phenoxy) is 3. The Morgan fingerprint density at radius 2 is 1.96 bits per heavy atom. The van der Waals surface area contributed by atoms with E-state index in [1.54, 1.807) is 25.6 Å². The Labute approximate surface area is 162 Å². The van der Waals surface area contributed by atoms with Gasteiger partial charge in [-0.1, -0.05) is 11.3 Å². The standard InChI is InChI=1S/C19H25N3O4S/c1-24-14-3-4-15(25-2)17-16(14)21-19(27-17)22-8-5-12(11-22)18(23)20-13-6-9-26-10-7-13/h3-4,12-13H,5-11H2,1-2H3,(H,20,23). The summed E-state index contributed by atoms with van der Waals surface area (Å²) in [6, 6.07) is 4.02. The first-order valence-electron chi connectivity index (χ1n) is 9.34. The predicted molar refractivity (Wildman–Crippen MR) is 105 cm³/mol. The fourth-order valence-electron chi connectivity index (χ4n) is 3.72. The molecule has 7 nitrogen and oxygen atoms in total. The maximum atomic E-state index is 12.6. The van der Waals surface area contributed by atoms with Crippen LogP contribution in [0.2, 0.25) is 0 Å². The third kappa shape index (κ3) is 3.68. The van der Waals surface area contributed by atoms with Gasteiger partial charge in [0.1, 0.15) is 21.7 Å². The molecule has 2 aliphatic heterocycles. The Morgan fingerprint density at radius 1 is 1.22 bits per heavy atom. The van der Waals surface area contributed by atoms with E-state index in [4.69, 9.17) is 19.2 Å². The molecule has 2 saturated heterocycles. The number of methoxy groups -OCH3 is 2. The SMILES string of the molecule is COc1ccc(OC)c2sc(N3CCC(C(=O)NC4CCOCC4)C3)nc12. The zero-order chi connectivity index (χ0) is 18.8. The molecular formula is C19H25N3O4S. The molecule has 1 aromatic heterocycles. The Kier molecular flexibility index (Phi) is 5.36. The smallest absolute Gasteiger partial charge is 0.225 e. The molecule has 2 fully saturated rings. The number of aromatic nitrogens is 1. The van der Waals surface area contributed by atoms with Gasteiger partial charge in [0.2, 0.25) is 5.91 Å². The molecule has 0 aliphatic carbocycles. The summed E-state index contributed by atoms with van der Waals surface area (Å²) in [5.74, 6) is 1.69. The number of carbonyl (C=O) groups is 1. The Balaban J connectivity index is 1.47. The van der Waals surface area contributed by atoms with Gasteiger partial charge in [0.25, 0.3) is 0 Å². The van der Waals surface area contributed by atoms with Crippen LogP contribution in [0.15, 0.2) is 12.1 Å². The molecule has 1 aromatic carbocycles. The van der Waals surface area contributed by atoms with Gasteiger partial charge in [0.05, 0.1) is 20.1 Å². The molecule has 0 bridgehead atoms. The number of nitrogens with one attached hydrogen (secondary N) is 1. The van der Waals surface area contributed by atoms with Crippen molar-refractivity contribution in [3.05, 3.63) is 12.1 Å². The third-order valence-electron chi connectivity index (χ3n) is 5.30. The second-order valence-corrected chi connectivity index (χ2v) is 7.95. The molecule has 0 saturated carbocycles. The van der Waals surface area contributed by atoms with Crippen LogP contribution in [0.5, 0.6) is 11.5 Å². The number of amides is 1. The van der Waals surface area contributed by atoms with Crippen LogP contribution in [0.1, 0.15) is 19.3 Å². The fraction of sp³-hybridized carbons (Fsp3) is 0.579. The maximum Gasteiger partial charge on any atom is 0.225 e. The highest BCUT2D eigenvalue weighted by Gasteiger charge is 2.31. The van der Waals surface area contributed by atoms with Crippen LogP contribution in [0, 0.1) is 5.92 Å². The quantitative estimate of drug-likeness (QED) is 0.844. The normalized spacial score (nSPS) is 20.8. The first kappa shape index (κ1) is 18.3. The minimum atomic E-state index is 0.00338. The van der Waals surface area contributed by atoms with Gasteiger partial charge in [-0.15, -0.1) is 0 Å². The van der Waals surface area contributed by atoms with Crippen molar-refractivity contribution in [2.24, 2.45) is 5.92 Å². The van der Waals surface area contributed by atoms with Gasteiger partial charge in [-0.25, -0.2) is 4.98 Å². The number of rotatable bonds is 5. The van der Waals surface area contributed by atoms with Gasteiger partial charge in [0.15, 0.2) is 5.13 Å². The first-order valence-corrected chi connectivity index (χ1v) is 10.2. The molecule has 2 aromatic rings. The van der Waals surface area contributed by atoms with Crippen LogP contribution < -0.4 is 19.7 Å². The zero-order valence-electron chi connectivity index (χ0n) is 15.7. The number of nitrogens with zero attached hydrogens (tertiary/aromatic N) is 2. The molecule has 3 heterocycles. The topological polar surface area (TPSA) is 72.9 Å².